The lowest BCUT2D eigenvalue weighted by molar-refractivity contribution is -0.0658. The molecular formula is C21H26O2. The Morgan fingerprint density at radius 1 is 1.22 bits per heavy atom. The van der Waals surface area contributed by atoms with E-state index in [0.717, 1.165) is 32.1 Å². The van der Waals surface area contributed by atoms with Crippen LogP contribution in [0.2, 0.25) is 0 Å². The summed E-state index contributed by atoms with van der Waals surface area (Å²) in [6, 6.07) is 5.91. The molecule has 4 rings (SSSR count). The van der Waals surface area contributed by atoms with Crippen molar-refractivity contribution in [3.63, 3.8) is 0 Å². The van der Waals surface area contributed by atoms with E-state index in [1.54, 1.807) is 0 Å². The van der Waals surface area contributed by atoms with Crippen molar-refractivity contribution in [3.05, 3.63) is 29.3 Å². The van der Waals surface area contributed by atoms with Crippen LogP contribution in [0.25, 0.3) is 0 Å². The van der Waals surface area contributed by atoms with Crippen LogP contribution in [0, 0.1) is 29.6 Å². The number of hydrogen-bond donors (Lipinski definition) is 2. The van der Waals surface area contributed by atoms with Gasteiger partial charge in [0.05, 0.1) is 0 Å². The quantitative estimate of drug-likeness (QED) is 0.706. The third-order valence-electron chi connectivity index (χ3n) is 7.45. The fourth-order valence-electron chi connectivity index (χ4n) is 6.12. The Kier molecular flexibility index (Phi) is 3.13. The van der Waals surface area contributed by atoms with E-state index in [0.29, 0.717) is 29.4 Å². The van der Waals surface area contributed by atoms with Crippen molar-refractivity contribution in [2.45, 2.75) is 63.4 Å². The molecule has 3 aliphatic rings. The van der Waals surface area contributed by atoms with Gasteiger partial charge in [0.15, 0.2) is 0 Å². The zero-order valence-electron chi connectivity index (χ0n) is 14.0. The molecule has 3 aliphatic carbocycles. The first-order chi connectivity index (χ1) is 10.9. The number of benzene rings is 1. The van der Waals surface area contributed by atoms with Gasteiger partial charge in [-0.1, -0.05) is 25.8 Å². The minimum absolute atomic E-state index is 0.142. The smallest absolute Gasteiger partial charge is 0.130 e. The second-order valence-corrected chi connectivity index (χ2v) is 8.33. The second-order valence-electron chi connectivity index (χ2n) is 8.33. The molecule has 0 aromatic heterocycles. The number of hydrogen-bond acceptors (Lipinski definition) is 2. The largest absolute Gasteiger partial charge is 0.508 e. The fourth-order valence-corrected chi connectivity index (χ4v) is 6.12. The first-order valence-electron chi connectivity index (χ1n) is 8.92. The van der Waals surface area contributed by atoms with Gasteiger partial charge in [-0.25, -0.2) is 0 Å². The number of phenolic OH excluding ortho intramolecular Hbond substituents is 1. The van der Waals surface area contributed by atoms with Crippen molar-refractivity contribution in [3.8, 4) is 18.1 Å². The Labute approximate surface area is 138 Å². The highest BCUT2D eigenvalue weighted by Crippen LogP contribution is 2.65. The molecule has 122 valence electrons. The lowest BCUT2D eigenvalue weighted by atomic mass is 9.52. The first kappa shape index (κ1) is 15.1. The zero-order chi connectivity index (χ0) is 16.4. The molecule has 6 atom stereocenters. The fraction of sp³-hybridized carbons (Fsp3) is 0.619. The number of phenols is 1. The predicted octanol–water partition coefficient (Wildman–Crippen LogP) is 4.17. The summed E-state index contributed by atoms with van der Waals surface area (Å²) in [5, 5.41) is 20.8. The van der Waals surface area contributed by atoms with Gasteiger partial charge in [0, 0.05) is 5.41 Å². The minimum Gasteiger partial charge on any atom is -0.508 e. The molecule has 0 spiro atoms. The van der Waals surface area contributed by atoms with E-state index >= 15 is 0 Å². The topological polar surface area (TPSA) is 40.5 Å². The highest BCUT2D eigenvalue weighted by atomic mass is 16.3. The molecule has 2 saturated carbocycles. The molecule has 0 radical (unpaired) electrons. The van der Waals surface area contributed by atoms with Gasteiger partial charge < -0.3 is 10.2 Å². The molecule has 1 aromatic rings. The van der Waals surface area contributed by atoms with Crippen LogP contribution in [-0.2, 0) is 0 Å². The summed E-state index contributed by atoms with van der Waals surface area (Å²) in [6.07, 6.45) is 10.7. The first-order valence-corrected chi connectivity index (χ1v) is 8.92. The van der Waals surface area contributed by atoms with Gasteiger partial charge in [0.1, 0.15) is 11.4 Å². The van der Waals surface area contributed by atoms with Gasteiger partial charge in [-0.15, -0.1) is 6.42 Å². The SMILES string of the molecule is C#C[C@]1(O)CC[C@H]2[C@@H]3C[C@@H](C)c4cc(O)ccc4[C@H]3CC[C@@]21C. The molecule has 2 heteroatoms. The Hall–Kier alpha value is -1.46. The molecule has 0 saturated heterocycles. The van der Waals surface area contributed by atoms with E-state index in [1.165, 1.54) is 11.1 Å². The summed E-state index contributed by atoms with van der Waals surface area (Å²) < 4.78 is 0. The molecule has 2 nitrogen and oxygen atoms in total. The van der Waals surface area contributed by atoms with Crippen molar-refractivity contribution in [2.24, 2.45) is 17.3 Å². The van der Waals surface area contributed by atoms with Crippen LogP contribution in [0.15, 0.2) is 18.2 Å². The molecule has 2 N–H and O–H groups in total. The molecule has 0 heterocycles. The third kappa shape index (κ3) is 1.86. The maximum Gasteiger partial charge on any atom is 0.130 e. The average molecular weight is 310 g/mol. The summed E-state index contributed by atoms with van der Waals surface area (Å²) in [5.41, 5.74) is 1.67. The van der Waals surface area contributed by atoms with Crippen molar-refractivity contribution in [1.29, 1.82) is 0 Å². The van der Waals surface area contributed by atoms with Crippen LogP contribution in [0.3, 0.4) is 0 Å². The number of terminal acetylenes is 1. The zero-order valence-corrected chi connectivity index (χ0v) is 14.0. The van der Waals surface area contributed by atoms with Crippen LogP contribution < -0.4 is 0 Å². The summed E-state index contributed by atoms with van der Waals surface area (Å²) in [5.74, 6) is 5.23. The number of aromatic hydroxyl groups is 1. The molecule has 1 aromatic carbocycles. The molecule has 2 fully saturated rings. The monoisotopic (exact) mass is 310 g/mol. The lowest BCUT2D eigenvalue weighted by Gasteiger charge is -2.53. The van der Waals surface area contributed by atoms with Crippen molar-refractivity contribution in [2.75, 3.05) is 0 Å². The lowest BCUT2D eigenvalue weighted by Crippen LogP contribution is -2.50. The van der Waals surface area contributed by atoms with Crippen LogP contribution in [0.1, 0.15) is 68.9 Å². The third-order valence-corrected chi connectivity index (χ3v) is 7.45. The normalized spacial score (nSPS) is 44.8. The van der Waals surface area contributed by atoms with E-state index in [2.05, 4.69) is 25.8 Å². The van der Waals surface area contributed by atoms with E-state index in [1.807, 2.05) is 12.1 Å². The molecule has 0 aliphatic heterocycles. The Balaban J connectivity index is 1.76. The Morgan fingerprint density at radius 3 is 2.74 bits per heavy atom. The van der Waals surface area contributed by atoms with Gasteiger partial charge >= 0.3 is 0 Å². The molecule has 23 heavy (non-hydrogen) atoms. The number of fused-ring (bicyclic) bond motifs is 5. The van der Waals surface area contributed by atoms with Gasteiger partial charge in [-0.3, -0.25) is 0 Å². The van der Waals surface area contributed by atoms with Crippen LogP contribution in [0.4, 0.5) is 0 Å². The average Bonchev–Trinajstić information content (AvgIpc) is 2.80. The Bertz CT molecular complexity index is 688. The highest BCUT2D eigenvalue weighted by Gasteiger charge is 2.61. The summed E-state index contributed by atoms with van der Waals surface area (Å²) in [7, 11) is 0. The van der Waals surface area contributed by atoms with Crippen LogP contribution in [0.5, 0.6) is 5.75 Å². The van der Waals surface area contributed by atoms with Crippen LogP contribution in [-0.4, -0.2) is 15.8 Å². The van der Waals surface area contributed by atoms with Crippen molar-refractivity contribution < 1.29 is 10.2 Å². The molecule has 0 amide bonds. The maximum atomic E-state index is 11.0. The Morgan fingerprint density at radius 2 is 2.00 bits per heavy atom. The summed E-state index contributed by atoms with van der Waals surface area (Å²) in [6.45, 7) is 4.49. The van der Waals surface area contributed by atoms with Crippen molar-refractivity contribution >= 4 is 0 Å². The summed E-state index contributed by atoms with van der Waals surface area (Å²) >= 11 is 0. The minimum atomic E-state index is -0.929. The standard InChI is InChI=1S/C21H26O2/c1-4-21(23)10-8-19-18-11-13(2)17-12-14(22)5-6-15(17)16(18)7-9-20(19,21)3/h1,5-6,12-13,16,18-19,22-23H,7-11H2,2-3H3/t13-,16-,18-,19+,20+,21+/m1/s1. The summed E-state index contributed by atoms with van der Waals surface area (Å²) in [4.78, 5) is 0. The molecular weight excluding hydrogens is 284 g/mol. The van der Waals surface area contributed by atoms with Gasteiger partial charge in [-0.2, -0.15) is 0 Å². The van der Waals surface area contributed by atoms with Crippen LogP contribution >= 0.6 is 0 Å². The van der Waals surface area contributed by atoms with Gasteiger partial charge in [-0.05, 0) is 79.0 Å². The van der Waals surface area contributed by atoms with E-state index in [9.17, 15) is 10.2 Å². The predicted molar refractivity (Wildman–Crippen MR) is 91.2 cm³/mol. The number of aliphatic hydroxyl groups is 1. The molecule has 0 unspecified atom stereocenters. The van der Waals surface area contributed by atoms with Crippen molar-refractivity contribution in [1.82, 2.24) is 0 Å². The van der Waals surface area contributed by atoms with E-state index in [4.69, 9.17) is 6.42 Å². The van der Waals surface area contributed by atoms with Gasteiger partial charge in [0.2, 0.25) is 0 Å². The van der Waals surface area contributed by atoms with Gasteiger partial charge in [0.25, 0.3) is 0 Å². The molecule has 0 bridgehead atoms. The van der Waals surface area contributed by atoms with E-state index < -0.39 is 5.60 Å². The maximum absolute atomic E-state index is 11.0. The second kappa shape index (κ2) is 4.77. The highest BCUT2D eigenvalue weighted by molar-refractivity contribution is 5.42. The van der Waals surface area contributed by atoms with E-state index in [-0.39, 0.29) is 5.41 Å². The number of rotatable bonds is 0.